The van der Waals surface area contributed by atoms with E-state index in [0.29, 0.717) is 12.2 Å². The fraction of sp³-hybridized carbons (Fsp3) is 0.462. The van der Waals surface area contributed by atoms with Gasteiger partial charge in [0.2, 0.25) is 0 Å². The quantitative estimate of drug-likeness (QED) is 0.713. The van der Waals surface area contributed by atoms with Crippen LogP contribution in [0.2, 0.25) is 5.02 Å². The highest BCUT2D eigenvalue weighted by molar-refractivity contribution is 6.30. The molecule has 0 spiro atoms. The van der Waals surface area contributed by atoms with Crippen LogP contribution in [0.4, 0.5) is 0 Å². The fourth-order valence-corrected chi connectivity index (χ4v) is 1.67. The number of aryl methyl sites for hydroxylation is 1. The predicted octanol–water partition coefficient (Wildman–Crippen LogP) is 4.03. The number of carbonyl (C=O) groups is 1. The Morgan fingerprint density at radius 2 is 1.87 bits per heavy atom. The van der Waals surface area contributed by atoms with E-state index >= 15 is 0 Å². The van der Waals surface area contributed by atoms with Crippen LogP contribution in [0.1, 0.15) is 38.2 Å². The average molecular weight is 225 g/mol. The standard InChI is InChI=1S/C13H17ClO/c1-2-4-13(15)6-3-5-11-7-9-12(14)10-8-11/h7-10H,2-6H2,1H3. The Kier molecular flexibility index (Phi) is 5.41. The molecule has 0 heterocycles. The van der Waals surface area contributed by atoms with Gasteiger partial charge in [-0.15, -0.1) is 0 Å². The molecule has 0 saturated heterocycles. The molecule has 82 valence electrons. The smallest absolute Gasteiger partial charge is 0.132 e. The zero-order valence-corrected chi connectivity index (χ0v) is 9.89. The number of hydrogen-bond acceptors (Lipinski definition) is 1. The maximum absolute atomic E-state index is 11.3. The van der Waals surface area contributed by atoms with Crippen molar-refractivity contribution in [3.63, 3.8) is 0 Å². The van der Waals surface area contributed by atoms with Crippen LogP contribution in [-0.2, 0) is 11.2 Å². The van der Waals surface area contributed by atoms with Gasteiger partial charge in [-0.2, -0.15) is 0 Å². The van der Waals surface area contributed by atoms with E-state index in [1.165, 1.54) is 5.56 Å². The Labute approximate surface area is 96.5 Å². The van der Waals surface area contributed by atoms with Crippen LogP contribution in [-0.4, -0.2) is 5.78 Å². The third-order valence-corrected chi connectivity index (χ3v) is 2.62. The Bertz CT molecular complexity index is 303. The lowest BCUT2D eigenvalue weighted by Crippen LogP contribution is -1.97. The Morgan fingerprint density at radius 3 is 2.47 bits per heavy atom. The first-order valence-corrected chi connectivity index (χ1v) is 5.86. The van der Waals surface area contributed by atoms with E-state index in [1.54, 1.807) is 0 Å². The number of rotatable bonds is 6. The molecule has 0 aliphatic carbocycles. The molecular formula is C13H17ClO. The number of hydrogen-bond donors (Lipinski definition) is 0. The number of benzene rings is 1. The lowest BCUT2D eigenvalue weighted by atomic mass is 10.1. The number of ketones is 1. The molecule has 0 amide bonds. The Morgan fingerprint density at radius 1 is 1.20 bits per heavy atom. The average Bonchev–Trinajstić information content (AvgIpc) is 2.21. The molecular weight excluding hydrogens is 208 g/mol. The molecule has 1 aromatic carbocycles. The summed E-state index contributed by atoms with van der Waals surface area (Å²) >= 11 is 5.78. The van der Waals surface area contributed by atoms with Crippen molar-refractivity contribution in [2.45, 2.75) is 39.0 Å². The summed E-state index contributed by atoms with van der Waals surface area (Å²) in [4.78, 5) is 11.3. The third-order valence-electron chi connectivity index (χ3n) is 2.36. The van der Waals surface area contributed by atoms with Crippen molar-refractivity contribution in [1.29, 1.82) is 0 Å². The van der Waals surface area contributed by atoms with Crippen LogP contribution in [0.3, 0.4) is 0 Å². The minimum absolute atomic E-state index is 0.381. The minimum atomic E-state index is 0.381. The van der Waals surface area contributed by atoms with Crippen molar-refractivity contribution in [2.75, 3.05) is 0 Å². The van der Waals surface area contributed by atoms with Gasteiger partial charge in [-0.05, 0) is 37.0 Å². The molecule has 0 unspecified atom stereocenters. The normalized spacial score (nSPS) is 10.3. The van der Waals surface area contributed by atoms with E-state index in [2.05, 4.69) is 0 Å². The molecule has 0 aliphatic rings. The highest BCUT2D eigenvalue weighted by Gasteiger charge is 2.00. The van der Waals surface area contributed by atoms with Gasteiger partial charge in [0.05, 0.1) is 0 Å². The van der Waals surface area contributed by atoms with Crippen LogP contribution in [0.5, 0.6) is 0 Å². The summed E-state index contributed by atoms with van der Waals surface area (Å²) in [6, 6.07) is 7.83. The number of halogens is 1. The molecule has 1 nitrogen and oxygen atoms in total. The molecule has 0 atom stereocenters. The number of Topliss-reactive ketones (excluding diaryl/α,β-unsaturated/α-hetero) is 1. The zero-order valence-electron chi connectivity index (χ0n) is 9.13. The van der Waals surface area contributed by atoms with Crippen LogP contribution < -0.4 is 0 Å². The molecule has 2 heteroatoms. The van der Waals surface area contributed by atoms with Gasteiger partial charge in [-0.25, -0.2) is 0 Å². The summed E-state index contributed by atoms with van der Waals surface area (Å²) in [6.07, 6.45) is 4.30. The van der Waals surface area contributed by atoms with Crippen LogP contribution in [0.25, 0.3) is 0 Å². The van der Waals surface area contributed by atoms with Gasteiger partial charge in [0.25, 0.3) is 0 Å². The van der Waals surface area contributed by atoms with Gasteiger partial charge < -0.3 is 0 Å². The third kappa shape index (κ3) is 4.98. The van der Waals surface area contributed by atoms with E-state index in [4.69, 9.17) is 11.6 Å². The molecule has 0 aromatic heterocycles. The summed E-state index contributed by atoms with van der Waals surface area (Å²) in [5, 5.41) is 0.765. The second-order valence-corrected chi connectivity index (χ2v) is 4.21. The van der Waals surface area contributed by atoms with Gasteiger partial charge in [0.15, 0.2) is 0 Å². The zero-order chi connectivity index (χ0) is 11.1. The van der Waals surface area contributed by atoms with E-state index < -0.39 is 0 Å². The molecule has 0 bridgehead atoms. The summed E-state index contributed by atoms with van der Waals surface area (Å²) in [5.74, 6) is 0.381. The first-order chi connectivity index (χ1) is 7.22. The topological polar surface area (TPSA) is 17.1 Å². The first kappa shape index (κ1) is 12.3. The summed E-state index contributed by atoms with van der Waals surface area (Å²) in [6.45, 7) is 2.04. The van der Waals surface area contributed by atoms with E-state index in [0.717, 1.165) is 30.7 Å². The molecule has 15 heavy (non-hydrogen) atoms. The van der Waals surface area contributed by atoms with E-state index in [1.807, 2.05) is 31.2 Å². The Balaban J connectivity index is 2.26. The van der Waals surface area contributed by atoms with Gasteiger partial charge in [0.1, 0.15) is 5.78 Å². The lowest BCUT2D eigenvalue weighted by molar-refractivity contribution is -0.119. The number of carbonyl (C=O) groups excluding carboxylic acids is 1. The molecule has 1 rings (SSSR count). The summed E-state index contributed by atoms with van der Waals surface area (Å²) < 4.78 is 0. The maximum atomic E-state index is 11.3. The summed E-state index contributed by atoms with van der Waals surface area (Å²) in [5.41, 5.74) is 1.25. The van der Waals surface area contributed by atoms with Crippen molar-refractivity contribution in [3.05, 3.63) is 34.9 Å². The second kappa shape index (κ2) is 6.62. The van der Waals surface area contributed by atoms with Crippen molar-refractivity contribution < 1.29 is 4.79 Å². The molecule has 0 radical (unpaired) electrons. The van der Waals surface area contributed by atoms with Gasteiger partial charge in [-0.3, -0.25) is 4.79 Å². The summed E-state index contributed by atoms with van der Waals surface area (Å²) in [7, 11) is 0. The Hall–Kier alpha value is -0.820. The van der Waals surface area contributed by atoms with Gasteiger partial charge >= 0.3 is 0 Å². The highest BCUT2D eigenvalue weighted by atomic mass is 35.5. The van der Waals surface area contributed by atoms with E-state index in [9.17, 15) is 4.79 Å². The van der Waals surface area contributed by atoms with Gasteiger partial charge in [0, 0.05) is 17.9 Å². The predicted molar refractivity (Wildman–Crippen MR) is 64.3 cm³/mol. The first-order valence-electron chi connectivity index (χ1n) is 5.48. The largest absolute Gasteiger partial charge is 0.300 e. The monoisotopic (exact) mass is 224 g/mol. The van der Waals surface area contributed by atoms with Crippen molar-refractivity contribution >= 4 is 17.4 Å². The fourth-order valence-electron chi connectivity index (χ4n) is 1.54. The van der Waals surface area contributed by atoms with Crippen LogP contribution in [0.15, 0.2) is 24.3 Å². The second-order valence-electron chi connectivity index (χ2n) is 3.77. The maximum Gasteiger partial charge on any atom is 0.132 e. The highest BCUT2D eigenvalue weighted by Crippen LogP contribution is 2.12. The van der Waals surface area contributed by atoms with Crippen molar-refractivity contribution in [1.82, 2.24) is 0 Å². The molecule has 0 N–H and O–H groups in total. The van der Waals surface area contributed by atoms with Crippen LogP contribution >= 0.6 is 11.6 Å². The molecule has 0 saturated carbocycles. The molecule has 1 aromatic rings. The van der Waals surface area contributed by atoms with Gasteiger partial charge in [-0.1, -0.05) is 30.7 Å². The molecule has 0 fully saturated rings. The lowest BCUT2D eigenvalue weighted by Gasteiger charge is -2.01. The van der Waals surface area contributed by atoms with Crippen molar-refractivity contribution in [2.24, 2.45) is 0 Å². The SMILES string of the molecule is CCCC(=O)CCCc1ccc(Cl)cc1. The van der Waals surface area contributed by atoms with E-state index in [-0.39, 0.29) is 0 Å². The van der Waals surface area contributed by atoms with Crippen molar-refractivity contribution in [3.8, 4) is 0 Å². The molecule has 0 aliphatic heterocycles. The van der Waals surface area contributed by atoms with Crippen LogP contribution in [0, 0.1) is 0 Å². The minimum Gasteiger partial charge on any atom is -0.300 e.